The van der Waals surface area contributed by atoms with Gasteiger partial charge in [0, 0.05) is 16.8 Å². The minimum absolute atomic E-state index is 0.0638. The zero-order valence-electron chi connectivity index (χ0n) is 16.9. The van der Waals surface area contributed by atoms with Crippen LogP contribution in [-0.2, 0) is 6.61 Å². The van der Waals surface area contributed by atoms with E-state index in [4.69, 9.17) is 28.6 Å². The van der Waals surface area contributed by atoms with Crippen LogP contribution in [0.3, 0.4) is 0 Å². The zero-order chi connectivity index (χ0) is 21.8. The van der Waals surface area contributed by atoms with Crippen LogP contribution < -0.4 is 15.4 Å². The Morgan fingerprint density at radius 2 is 1.71 bits per heavy atom. The molecule has 0 spiro atoms. The van der Waals surface area contributed by atoms with Gasteiger partial charge in [-0.2, -0.15) is 0 Å². The molecule has 3 aromatic carbocycles. The second-order valence-electron chi connectivity index (χ2n) is 7.23. The Balaban J connectivity index is 1.62. The van der Waals surface area contributed by atoms with Crippen LogP contribution in [0.2, 0.25) is 5.02 Å². The molecule has 4 rings (SSSR count). The number of carbonyl (C=O) groups excluding carboxylic acids is 1. The third kappa shape index (κ3) is 4.79. The van der Waals surface area contributed by atoms with Crippen molar-refractivity contribution in [2.24, 2.45) is 0 Å². The summed E-state index contributed by atoms with van der Waals surface area (Å²) >= 11 is 11.9. The molecule has 1 heterocycles. The smallest absolute Gasteiger partial charge is 0.193 e. The predicted molar refractivity (Wildman–Crippen MR) is 127 cm³/mol. The van der Waals surface area contributed by atoms with E-state index in [0.29, 0.717) is 33.6 Å². The van der Waals surface area contributed by atoms with Gasteiger partial charge in [0.05, 0.1) is 11.1 Å². The molecule has 1 aliphatic heterocycles. The lowest BCUT2D eigenvalue weighted by molar-refractivity contribution is 0.102. The number of Topliss-reactive ketones (excluding diaryl/α,β-unsaturated/α-hetero) is 1. The second kappa shape index (κ2) is 9.33. The molecule has 1 atom stereocenters. The van der Waals surface area contributed by atoms with Gasteiger partial charge in [0.2, 0.25) is 0 Å². The highest BCUT2D eigenvalue weighted by molar-refractivity contribution is 7.80. The Kier molecular flexibility index (Phi) is 6.35. The van der Waals surface area contributed by atoms with Crippen molar-refractivity contribution < 1.29 is 9.53 Å². The number of ether oxygens (including phenoxy) is 1. The molecule has 0 aliphatic carbocycles. The van der Waals surface area contributed by atoms with Crippen molar-refractivity contribution in [2.45, 2.75) is 19.6 Å². The van der Waals surface area contributed by atoms with Crippen molar-refractivity contribution >= 4 is 34.7 Å². The van der Waals surface area contributed by atoms with Crippen LogP contribution in [0, 0.1) is 0 Å². The molecule has 0 saturated heterocycles. The van der Waals surface area contributed by atoms with Crippen LogP contribution in [0.1, 0.15) is 34.5 Å². The van der Waals surface area contributed by atoms with Crippen LogP contribution in [0.25, 0.3) is 0 Å². The highest BCUT2D eigenvalue weighted by Gasteiger charge is 2.30. The first kappa shape index (κ1) is 21.1. The summed E-state index contributed by atoms with van der Waals surface area (Å²) in [6.07, 6.45) is 0. The summed E-state index contributed by atoms with van der Waals surface area (Å²) in [4.78, 5) is 13.3. The topological polar surface area (TPSA) is 50.4 Å². The van der Waals surface area contributed by atoms with Crippen molar-refractivity contribution in [3.05, 3.63) is 112 Å². The van der Waals surface area contributed by atoms with Crippen molar-refractivity contribution in [1.82, 2.24) is 10.6 Å². The lowest BCUT2D eigenvalue weighted by atomic mass is 9.89. The summed E-state index contributed by atoms with van der Waals surface area (Å²) in [5, 5.41) is 7.22. The lowest BCUT2D eigenvalue weighted by Gasteiger charge is -2.30. The molecule has 0 aromatic heterocycles. The van der Waals surface area contributed by atoms with E-state index < -0.39 is 6.04 Å². The molecule has 31 heavy (non-hydrogen) atoms. The fourth-order valence-corrected chi connectivity index (χ4v) is 4.05. The zero-order valence-corrected chi connectivity index (χ0v) is 18.5. The molecule has 4 nitrogen and oxygen atoms in total. The molecule has 0 bridgehead atoms. The first-order chi connectivity index (χ1) is 15.0. The third-order valence-electron chi connectivity index (χ3n) is 5.08. The van der Waals surface area contributed by atoms with E-state index in [1.165, 1.54) is 0 Å². The highest BCUT2D eigenvalue weighted by atomic mass is 35.5. The first-order valence-electron chi connectivity index (χ1n) is 9.87. The molecule has 0 radical (unpaired) electrons. The summed E-state index contributed by atoms with van der Waals surface area (Å²) < 4.78 is 5.88. The number of allylic oxidation sites excluding steroid dienone is 1. The third-order valence-corrected chi connectivity index (χ3v) is 5.59. The van der Waals surface area contributed by atoms with Gasteiger partial charge in [-0.1, -0.05) is 78.3 Å². The minimum atomic E-state index is -0.415. The average Bonchev–Trinajstić information content (AvgIpc) is 2.78. The fourth-order valence-electron chi connectivity index (χ4n) is 3.54. The monoisotopic (exact) mass is 448 g/mol. The van der Waals surface area contributed by atoms with Crippen molar-refractivity contribution in [3.8, 4) is 5.75 Å². The van der Waals surface area contributed by atoms with Gasteiger partial charge in [-0.25, -0.2) is 0 Å². The SMILES string of the molecule is CC1=C(C(=O)c2ccccc2)C(c2ccc(OCc3ccccc3)c(Cl)c2)NC(=S)N1. The van der Waals surface area contributed by atoms with Crippen LogP contribution in [-0.4, -0.2) is 10.9 Å². The van der Waals surface area contributed by atoms with Gasteiger partial charge in [-0.15, -0.1) is 0 Å². The number of halogens is 1. The van der Waals surface area contributed by atoms with Gasteiger partial charge in [0.25, 0.3) is 0 Å². The number of nitrogens with one attached hydrogen (secondary N) is 2. The van der Waals surface area contributed by atoms with Gasteiger partial charge in [0.15, 0.2) is 10.9 Å². The molecule has 6 heteroatoms. The number of benzene rings is 3. The van der Waals surface area contributed by atoms with Crippen molar-refractivity contribution in [3.63, 3.8) is 0 Å². The van der Waals surface area contributed by atoms with Crippen LogP contribution in [0.15, 0.2) is 90.1 Å². The quantitative estimate of drug-likeness (QED) is 0.380. The highest BCUT2D eigenvalue weighted by Crippen LogP contribution is 2.34. The molecule has 0 amide bonds. The summed E-state index contributed by atoms with van der Waals surface area (Å²) in [6, 6.07) is 24.2. The van der Waals surface area contributed by atoms with Gasteiger partial charge in [-0.3, -0.25) is 4.79 Å². The molecule has 0 fully saturated rings. The number of hydrogen-bond donors (Lipinski definition) is 2. The number of rotatable bonds is 6. The van der Waals surface area contributed by atoms with Crippen LogP contribution in [0.5, 0.6) is 5.75 Å². The molecular weight excluding hydrogens is 428 g/mol. The molecular formula is C25H21ClN2O2S. The number of ketones is 1. The Labute approximate surface area is 191 Å². The Morgan fingerprint density at radius 1 is 1.03 bits per heavy atom. The van der Waals surface area contributed by atoms with E-state index in [-0.39, 0.29) is 5.78 Å². The normalized spacial score (nSPS) is 15.8. The minimum Gasteiger partial charge on any atom is -0.487 e. The maximum Gasteiger partial charge on any atom is 0.193 e. The van der Waals surface area contributed by atoms with E-state index >= 15 is 0 Å². The largest absolute Gasteiger partial charge is 0.487 e. The lowest BCUT2D eigenvalue weighted by Crippen LogP contribution is -2.44. The van der Waals surface area contributed by atoms with Crippen LogP contribution >= 0.6 is 23.8 Å². The summed E-state index contributed by atoms with van der Waals surface area (Å²) in [5.41, 5.74) is 3.84. The summed E-state index contributed by atoms with van der Waals surface area (Å²) in [6.45, 7) is 2.28. The van der Waals surface area contributed by atoms with E-state index in [1.807, 2.05) is 73.7 Å². The molecule has 0 saturated carbocycles. The van der Waals surface area contributed by atoms with Crippen molar-refractivity contribution in [2.75, 3.05) is 0 Å². The molecule has 2 N–H and O–H groups in total. The molecule has 3 aromatic rings. The number of carbonyl (C=O) groups is 1. The van der Waals surface area contributed by atoms with E-state index in [2.05, 4.69) is 10.6 Å². The predicted octanol–water partition coefficient (Wildman–Crippen LogP) is 5.59. The number of thiocarbonyl (C=S) groups is 1. The summed E-state index contributed by atoms with van der Waals surface area (Å²) in [5.74, 6) is 0.522. The van der Waals surface area contributed by atoms with E-state index in [0.717, 1.165) is 16.8 Å². The van der Waals surface area contributed by atoms with Gasteiger partial charge >= 0.3 is 0 Å². The van der Waals surface area contributed by atoms with Gasteiger partial charge in [-0.05, 0) is 42.4 Å². The Bertz CT molecular complexity index is 1150. The second-order valence-corrected chi connectivity index (χ2v) is 8.04. The Morgan fingerprint density at radius 3 is 2.39 bits per heavy atom. The first-order valence-corrected chi connectivity index (χ1v) is 10.7. The van der Waals surface area contributed by atoms with Gasteiger partial charge in [0.1, 0.15) is 12.4 Å². The number of hydrogen-bond acceptors (Lipinski definition) is 3. The standard InChI is InChI=1S/C25H21ClN2O2S/c1-16-22(24(29)18-10-6-3-7-11-18)23(28-25(31)27-16)19-12-13-21(20(26)14-19)30-15-17-8-4-2-5-9-17/h2-14,23H,15H2,1H3,(H2,27,28,31). The van der Waals surface area contributed by atoms with E-state index in [9.17, 15) is 4.79 Å². The molecule has 1 unspecified atom stereocenters. The van der Waals surface area contributed by atoms with Gasteiger partial charge < -0.3 is 15.4 Å². The Hall–Kier alpha value is -3.15. The van der Waals surface area contributed by atoms with Crippen molar-refractivity contribution in [1.29, 1.82) is 0 Å². The molecule has 156 valence electrons. The maximum atomic E-state index is 13.3. The molecule has 1 aliphatic rings. The van der Waals surface area contributed by atoms with E-state index in [1.54, 1.807) is 12.1 Å². The summed E-state index contributed by atoms with van der Waals surface area (Å²) in [7, 11) is 0. The maximum absolute atomic E-state index is 13.3. The average molecular weight is 449 g/mol. The fraction of sp³-hybridized carbons (Fsp3) is 0.120. The van der Waals surface area contributed by atoms with Crippen LogP contribution in [0.4, 0.5) is 0 Å².